The number of thiazole rings is 1. The predicted molar refractivity (Wildman–Crippen MR) is 57.6 cm³/mol. The zero-order chi connectivity index (χ0) is 12.0. The first-order valence-corrected chi connectivity index (χ1v) is 5.20. The Hall–Kier alpha value is -1.67. The normalized spacial score (nSPS) is 10.0. The second-order valence-corrected chi connectivity index (χ2v) is 3.81. The molecule has 7 nitrogen and oxygen atoms in total. The number of hydrogen-bond acceptors (Lipinski definition) is 6. The molecule has 0 aliphatic rings. The molecule has 0 fully saturated rings. The van der Waals surface area contributed by atoms with Crippen LogP contribution in [0.1, 0.15) is 9.67 Å². The van der Waals surface area contributed by atoms with Crippen molar-refractivity contribution in [3.63, 3.8) is 0 Å². The van der Waals surface area contributed by atoms with E-state index in [0.717, 1.165) is 11.3 Å². The molecule has 4 N–H and O–H groups in total. The number of aromatic carboxylic acids is 1. The van der Waals surface area contributed by atoms with E-state index in [0.29, 0.717) is 18.3 Å². The van der Waals surface area contributed by atoms with Gasteiger partial charge in [-0.05, 0) is 0 Å². The van der Waals surface area contributed by atoms with Crippen molar-refractivity contribution >= 4 is 28.3 Å². The fraction of sp³-hybridized carbons (Fsp3) is 0.375. The SMILES string of the molecule is NC(=O)COCCNc1ncc(C(=O)O)s1. The lowest BCUT2D eigenvalue weighted by Gasteiger charge is -2.02. The van der Waals surface area contributed by atoms with E-state index in [4.69, 9.17) is 15.6 Å². The molecule has 0 bridgehead atoms. The largest absolute Gasteiger partial charge is 0.477 e. The van der Waals surface area contributed by atoms with Crippen molar-refractivity contribution in [2.24, 2.45) is 5.73 Å². The van der Waals surface area contributed by atoms with Gasteiger partial charge in [-0.1, -0.05) is 11.3 Å². The van der Waals surface area contributed by atoms with Gasteiger partial charge in [-0.2, -0.15) is 0 Å². The molecule has 16 heavy (non-hydrogen) atoms. The molecule has 0 aromatic carbocycles. The van der Waals surface area contributed by atoms with Gasteiger partial charge in [-0.3, -0.25) is 4.79 Å². The van der Waals surface area contributed by atoms with Gasteiger partial charge in [0.05, 0.1) is 12.8 Å². The Morgan fingerprint density at radius 3 is 2.94 bits per heavy atom. The summed E-state index contributed by atoms with van der Waals surface area (Å²) in [5, 5.41) is 12.0. The van der Waals surface area contributed by atoms with Gasteiger partial charge in [0, 0.05) is 6.54 Å². The van der Waals surface area contributed by atoms with Crippen molar-refractivity contribution in [1.29, 1.82) is 0 Å². The summed E-state index contributed by atoms with van der Waals surface area (Å²) in [5.74, 6) is -1.53. The standard InChI is InChI=1S/C8H11N3O4S/c9-6(12)4-15-2-1-10-8-11-3-5(16-8)7(13)14/h3H,1-2,4H2,(H2,9,12)(H,10,11)(H,13,14). The number of anilines is 1. The van der Waals surface area contributed by atoms with Crippen LogP contribution in [0, 0.1) is 0 Å². The number of nitrogens with two attached hydrogens (primary N) is 1. The number of nitrogens with zero attached hydrogens (tertiary/aromatic N) is 1. The van der Waals surface area contributed by atoms with E-state index in [1.165, 1.54) is 6.20 Å². The van der Waals surface area contributed by atoms with E-state index in [1.54, 1.807) is 0 Å². The molecule has 0 atom stereocenters. The van der Waals surface area contributed by atoms with Gasteiger partial charge < -0.3 is 20.9 Å². The third-order valence-electron chi connectivity index (χ3n) is 1.48. The zero-order valence-corrected chi connectivity index (χ0v) is 9.12. The van der Waals surface area contributed by atoms with Crippen molar-refractivity contribution in [3.05, 3.63) is 11.1 Å². The Bertz CT molecular complexity index is 379. The third-order valence-corrected chi connectivity index (χ3v) is 2.43. The Balaban J connectivity index is 2.21. The monoisotopic (exact) mass is 245 g/mol. The van der Waals surface area contributed by atoms with E-state index < -0.39 is 11.9 Å². The third kappa shape index (κ3) is 4.24. The molecule has 1 amide bonds. The average molecular weight is 245 g/mol. The maximum absolute atomic E-state index is 10.5. The van der Waals surface area contributed by atoms with Gasteiger partial charge >= 0.3 is 5.97 Å². The molecular weight excluding hydrogens is 234 g/mol. The summed E-state index contributed by atoms with van der Waals surface area (Å²) in [6, 6.07) is 0. The van der Waals surface area contributed by atoms with Gasteiger partial charge in [0.2, 0.25) is 5.91 Å². The van der Waals surface area contributed by atoms with Gasteiger partial charge in [-0.25, -0.2) is 9.78 Å². The molecule has 1 heterocycles. The van der Waals surface area contributed by atoms with Crippen LogP contribution in [0.2, 0.25) is 0 Å². The van der Waals surface area contributed by atoms with Gasteiger partial charge in [0.1, 0.15) is 11.5 Å². The minimum absolute atomic E-state index is 0.125. The van der Waals surface area contributed by atoms with E-state index in [9.17, 15) is 9.59 Å². The molecule has 1 aromatic rings. The van der Waals surface area contributed by atoms with Crippen LogP contribution < -0.4 is 11.1 Å². The number of carbonyl (C=O) groups excluding carboxylic acids is 1. The summed E-state index contributed by atoms with van der Waals surface area (Å²) >= 11 is 1.04. The smallest absolute Gasteiger partial charge is 0.347 e. The summed E-state index contributed by atoms with van der Waals surface area (Å²) in [5.41, 5.74) is 4.86. The van der Waals surface area contributed by atoms with Crippen LogP contribution in [-0.4, -0.2) is 41.7 Å². The van der Waals surface area contributed by atoms with Gasteiger partial charge in [-0.15, -0.1) is 0 Å². The molecule has 88 valence electrons. The van der Waals surface area contributed by atoms with Crippen molar-refractivity contribution in [2.75, 3.05) is 25.1 Å². The van der Waals surface area contributed by atoms with E-state index in [-0.39, 0.29) is 11.5 Å². The number of aromatic nitrogens is 1. The highest BCUT2D eigenvalue weighted by Crippen LogP contribution is 2.17. The average Bonchev–Trinajstić information content (AvgIpc) is 2.65. The second kappa shape index (κ2) is 6.03. The maximum Gasteiger partial charge on any atom is 0.347 e. The highest BCUT2D eigenvalue weighted by atomic mass is 32.1. The first-order valence-electron chi connectivity index (χ1n) is 4.38. The van der Waals surface area contributed by atoms with Crippen LogP contribution in [0.15, 0.2) is 6.20 Å². The van der Waals surface area contributed by atoms with Crippen LogP contribution in [0.25, 0.3) is 0 Å². The van der Waals surface area contributed by atoms with Gasteiger partial charge in [0.15, 0.2) is 5.13 Å². The van der Waals surface area contributed by atoms with Crippen molar-refractivity contribution in [2.45, 2.75) is 0 Å². The Morgan fingerprint density at radius 1 is 1.62 bits per heavy atom. The minimum Gasteiger partial charge on any atom is -0.477 e. The summed E-state index contributed by atoms with van der Waals surface area (Å²) in [6.07, 6.45) is 1.28. The van der Waals surface area contributed by atoms with Crippen LogP contribution in [0.3, 0.4) is 0 Å². The number of carboxylic acids is 1. The number of hydrogen-bond donors (Lipinski definition) is 3. The quantitative estimate of drug-likeness (QED) is 0.571. The predicted octanol–water partition coefficient (Wildman–Crippen LogP) is -0.245. The Labute approximate surface area is 95.2 Å². The molecular formula is C8H11N3O4S. The zero-order valence-electron chi connectivity index (χ0n) is 8.30. The van der Waals surface area contributed by atoms with E-state index in [1.807, 2.05) is 0 Å². The Morgan fingerprint density at radius 2 is 2.38 bits per heavy atom. The number of primary amides is 1. The number of rotatable bonds is 7. The van der Waals surface area contributed by atoms with Crippen molar-refractivity contribution in [1.82, 2.24) is 4.98 Å². The van der Waals surface area contributed by atoms with Crippen LogP contribution in [0.4, 0.5) is 5.13 Å². The topological polar surface area (TPSA) is 115 Å². The molecule has 0 radical (unpaired) electrons. The fourth-order valence-electron chi connectivity index (χ4n) is 0.858. The van der Waals surface area contributed by atoms with Crippen LogP contribution in [0.5, 0.6) is 0 Å². The lowest BCUT2D eigenvalue weighted by molar-refractivity contribution is -0.122. The molecule has 1 rings (SSSR count). The molecule has 0 saturated carbocycles. The fourth-order valence-corrected chi connectivity index (χ4v) is 1.54. The molecule has 0 unspecified atom stereocenters. The lowest BCUT2D eigenvalue weighted by atomic mass is 10.6. The molecule has 0 aliphatic heterocycles. The highest BCUT2D eigenvalue weighted by molar-refractivity contribution is 7.17. The molecule has 0 saturated heterocycles. The summed E-state index contributed by atoms with van der Waals surface area (Å²) in [4.78, 5) is 24.9. The van der Waals surface area contributed by atoms with E-state index in [2.05, 4.69) is 10.3 Å². The molecule has 8 heteroatoms. The van der Waals surface area contributed by atoms with Gasteiger partial charge in [0.25, 0.3) is 0 Å². The molecule has 1 aromatic heterocycles. The maximum atomic E-state index is 10.5. The number of nitrogens with one attached hydrogen (secondary N) is 1. The first kappa shape index (κ1) is 12.4. The number of carboxylic acid groups (broad SMARTS) is 1. The summed E-state index contributed by atoms with van der Waals surface area (Å²) in [7, 11) is 0. The van der Waals surface area contributed by atoms with Crippen molar-refractivity contribution in [3.8, 4) is 0 Å². The van der Waals surface area contributed by atoms with Crippen molar-refractivity contribution < 1.29 is 19.4 Å². The molecule has 0 aliphatic carbocycles. The number of carbonyl (C=O) groups is 2. The second-order valence-electron chi connectivity index (χ2n) is 2.78. The summed E-state index contributed by atoms with van der Waals surface area (Å²) in [6.45, 7) is 0.602. The van der Waals surface area contributed by atoms with Crippen LogP contribution >= 0.6 is 11.3 Å². The Kier molecular flexibility index (Phi) is 4.67. The van der Waals surface area contributed by atoms with E-state index >= 15 is 0 Å². The number of ether oxygens (including phenoxy) is 1. The summed E-state index contributed by atoms with van der Waals surface area (Å²) < 4.78 is 4.89. The molecule has 0 spiro atoms. The van der Waals surface area contributed by atoms with Crippen LogP contribution in [-0.2, 0) is 9.53 Å². The lowest BCUT2D eigenvalue weighted by Crippen LogP contribution is -2.20. The minimum atomic E-state index is -1.00. The highest BCUT2D eigenvalue weighted by Gasteiger charge is 2.07. The first-order chi connectivity index (χ1) is 7.59. The number of amides is 1.